The van der Waals surface area contributed by atoms with Crippen LogP contribution in [0.2, 0.25) is 0 Å². The third kappa shape index (κ3) is 5.16. The smallest absolute Gasteiger partial charge is 0.265 e. The van der Waals surface area contributed by atoms with Gasteiger partial charge in [-0.3, -0.25) is 4.79 Å². The molecule has 1 fully saturated rings. The lowest BCUT2D eigenvalue weighted by molar-refractivity contribution is -0.122. The van der Waals surface area contributed by atoms with E-state index in [0.717, 1.165) is 24.3 Å². The molecule has 0 aromatic heterocycles. The molecule has 1 amide bonds. The van der Waals surface area contributed by atoms with Crippen LogP contribution < -0.4 is 19.5 Å². The lowest BCUT2D eigenvalue weighted by Gasteiger charge is -2.19. The number of hydrogen-bond acceptors (Lipinski definition) is 4. The first-order valence-electron chi connectivity index (χ1n) is 9.57. The summed E-state index contributed by atoms with van der Waals surface area (Å²) in [5.74, 6) is 1.82. The highest BCUT2D eigenvalue weighted by Crippen LogP contribution is 2.28. The van der Waals surface area contributed by atoms with Crippen molar-refractivity contribution in [3.8, 4) is 17.2 Å². The number of amides is 1. The van der Waals surface area contributed by atoms with Gasteiger partial charge in [0.1, 0.15) is 5.75 Å². The van der Waals surface area contributed by atoms with Gasteiger partial charge in [0.2, 0.25) is 0 Å². The van der Waals surface area contributed by atoms with E-state index in [4.69, 9.17) is 14.2 Å². The maximum absolute atomic E-state index is 12.6. The summed E-state index contributed by atoms with van der Waals surface area (Å²) in [5.41, 5.74) is 0.723. The molecule has 27 heavy (non-hydrogen) atoms. The van der Waals surface area contributed by atoms with Crippen molar-refractivity contribution < 1.29 is 19.0 Å². The Hall–Kier alpha value is -2.69. The molecular weight excluding hydrogens is 342 g/mol. The summed E-state index contributed by atoms with van der Waals surface area (Å²) in [6.07, 6.45) is 4.99. The van der Waals surface area contributed by atoms with Gasteiger partial charge in [0, 0.05) is 5.69 Å². The second-order valence-electron chi connectivity index (χ2n) is 6.70. The van der Waals surface area contributed by atoms with Gasteiger partial charge < -0.3 is 19.5 Å². The van der Waals surface area contributed by atoms with Gasteiger partial charge in [-0.1, -0.05) is 19.1 Å². The average molecular weight is 369 g/mol. The third-order valence-electron chi connectivity index (χ3n) is 4.73. The molecule has 0 unspecified atom stereocenters. The zero-order valence-electron chi connectivity index (χ0n) is 15.9. The Balaban J connectivity index is 1.59. The second-order valence-corrected chi connectivity index (χ2v) is 6.70. The molecule has 0 heterocycles. The Morgan fingerprint density at radius 2 is 1.74 bits per heavy atom. The summed E-state index contributed by atoms with van der Waals surface area (Å²) >= 11 is 0. The van der Waals surface area contributed by atoms with Gasteiger partial charge in [-0.25, -0.2) is 0 Å². The zero-order chi connectivity index (χ0) is 19.1. The van der Waals surface area contributed by atoms with Crippen LogP contribution in [0.5, 0.6) is 17.2 Å². The number of anilines is 1. The molecule has 0 bridgehead atoms. The summed E-state index contributed by atoms with van der Waals surface area (Å²) in [5, 5.41) is 2.91. The van der Waals surface area contributed by atoms with Crippen LogP contribution in [0.15, 0.2) is 48.5 Å². The Morgan fingerprint density at radius 3 is 2.37 bits per heavy atom. The highest BCUT2D eigenvalue weighted by molar-refractivity contribution is 5.94. The predicted octanol–water partition coefficient (Wildman–Crippen LogP) is 4.81. The molecule has 1 aliphatic carbocycles. The van der Waals surface area contributed by atoms with Gasteiger partial charge in [-0.15, -0.1) is 0 Å². The summed E-state index contributed by atoms with van der Waals surface area (Å²) < 4.78 is 17.1. The van der Waals surface area contributed by atoms with E-state index in [1.165, 1.54) is 12.8 Å². The van der Waals surface area contributed by atoms with Crippen LogP contribution in [-0.4, -0.2) is 25.2 Å². The predicted molar refractivity (Wildman–Crippen MR) is 106 cm³/mol. The average Bonchev–Trinajstić information content (AvgIpc) is 3.21. The molecule has 1 atom stereocenters. The fourth-order valence-electron chi connectivity index (χ4n) is 3.23. The van der Waals surface area contributed by atoms with E-state index in [2.05, 4.69) is 5.32 Å². The van der Waals surface area contributed by atoms with Crippen LogP contribution in [0.1, 0.15) is 39.0 Å². The minimum Gasteiger partial charge on any atom is -0.493 e. The van der Waals surface area contributed by atoms with Crippen LogP contribution >= 0.6 is 0 Å². The van der Waals surface area contributed by atoms with E-state index in [0.29, 0.717) is 24.0 Å². The number of rotatable bonds is 8. The summed E-state index contributed by atoms with van der Waals surface area (Å²) in [6, 6.07) is 14.8. The molecule has 144 valence electrons. The number of hydrogen-bond donors (Lipinski definition) is 1. The molecule has 5 nitrogen and oxygen atoms in total. The minimum atomic E-state index is -0.601. The van der Waals surface area contributed by atoms with Crippen LogP contribution in [0.25, 0.3) is 0 Å². The SMILES string of the molecule is CC[C@H](Oc1ccccc1OC)C(=O)Nc1ccc(OC2CCCC2)cc1. The van der Waals surface area contributed by atoms with E-state index >= 15 is 0 Å². The molecule has 0 spiro atoms. The van der Waals surface area contributed by atoms with E-state index in [1.54, 1.807) is 13.2 Å². The number of methoxy groups -OCH3 is 1. The van der Waals surface area contributed by atoms with Crippen LogP contribution in [0, 0.1) is 0 Å². The van der Waals surface area contributed by atoms with Gasteiger partial charge in [-0.2, -0.15) is 0 Å². The topological polar surface area (TPSA) is 56.8 Å². The summed E-state index contributed by atoms with van der Waals surface area (Å²) in [7, 11) is 1.58. The quantitative estimate of drug-likeness (QED) is 0.725. The van der Waals surface area contributed by atoms with Crippen molar-refractivity contribution in [1.29, 1.82) is 0 Å². The standard InChI is InChI=1S/C22H27NO4/c1-3-19(27-21-11-7-6-10-20(21)25-2)22(24)23-16-12-14-18(15-13-16)26-17-8-4-5-9-17/h6-7,10-15,17,19H,3-5,8-9H2,1-2H3,(H,23,24)/t19-/m0/s1. The van der Waals surface area contributed by atoms with E-state index in [9.17, 15) is 4.79 Å². The maximum Gasteiger partial charge on any atom is 0.265 e. The third-order valence-corrected chi connectivity index (χ3v) is 4.73. The fraction of sp³-hybridized carbons (Fsp3) is 0.409. The molecular formula is C22H27NO4. The number of nitrogens with one attached hydrogen (secondary N) is 1. The fourth-order valence-corrected chi connectivity index (χ4v) is 3.23. The second kappa shape index (κ2) is 9.31. The Labute approximate surface area is 160 Å². The molecule has 3 rings (SSSR count). The normalized spacial score (nSPS) is 15.2. The van der Waals surface area contributed by atoms with Crippen molar-refractivity contribution in [2.24, 2.45) is 0 Å². The van der Waals surface area contributed by atoms with Crippen LogP contribution in [0.4, 0.5) is 5.69 Å². The Morgan fingerprint density at radius 1 is 1.07 bits per heavy atom. The molecule has 0 saturated heterocycles. The van der Waals surface area contributed by atoms with Gasteiger partial charge in [0.15, 0.2) is 17.6 Å². The number of benzene rings is 2. The van der Waals surface area contributed by atoms with E-state index < -0.39 is 6.10 Å². The molecule has 0 radical (unpaired) electrons. The summed E-state index contributed by atoms with van der Waals surface area (Å²) in [6.45, 7) is 1.91. The van der Waals surface area contributed by atoms with Gasteiger partial charge in [0.25, 0.3) is 5.91 Å². The first-order chi connectivity index (χ1) is 13.2. The molecule has 0 aliphatic heterocycles. The van der Waals surface area contributed by atoms with Crippen molar-refractivity contribution in [2.75, 3.05) is 12.4 Å². The largest absolute Gasteiger partial charge is 0.493 e. The van der Waals surface area contributed by atoms with Crippen molar-refractivity contribution in [2.45, 2.75) is 51.2 Å². The zero-order valence-corrected chi connectivity index (χ0v) is 15.9. The van der Waals surface area contributed by atoms with Gasteiger partial charge in [0.05, 0.1) is 13.2 Å². The lowest BCUT2D eigenvalue weighted by Crippen LogP contribution is -2.32. The van der Waals surface area contributed by atoms with Crippen LogP contribution in [-0.2, 0) is 4.79 Å². The molecule has 5 heteroatoms. The molecule has 1 saturated carbocycles. The van der Waals surface area contributed by atoms with E-state index in [1.807, 2.05) is 49.4 Å². The van der Waals surface area contributed by atoms with E-state index in [-0.39, 0.29) is 5.91 Å². The first-order valence-corrected chi connectivity index (χ1v) is 9.57. The summed E-state index contributed by atoms with van der Waals surface area (Å²) in [4.78, 5) is 12.6. The number of carbonyl (C=O) groups excluding carboxylic acids is 1. The monoisotopic (exact) mass is 369 g/mol. The first kappa shape index (κ1) is 19.1. The number of ether oxygens (including phenoxy) is 3. The number of para-hydroxylation sites is 2. The maximum atomic E-state index is 12.6. The number of carbonyl (C=O) groups is 1. The van der Waals surface area contributed by atoms with Gasteiger partial charge >= 0.3 is 0 Å². The van der Waals surface area contributed by atoms with Crippen molar-refractivity contribution in [1.82, 2.24) is 0 Å². The Bertz CT molecular complexity index is 738. The highest BCUT2D eigenvalue weighted by Gasteiger charge is 2.20. The molecule has 2 aromatic rings. The van der Waals surface area contributed by atoms with Crippen molar-refractivity contribution in [3.05, 3.63) is 48.5 Å². The molecule has 1 aliphatic rings. The van der Waals surface area contributed by atoms with Gasteiger partial charge in [-0.05, 0) is 68.5 Å². The van der Waals surface area contributed by atoms with Crippen molar-refractivity contribution in [3.63, 3.8) is 0 Å². The van der Waals surface area contributed by atoms with Crippen LogP contribution in [0.3, 0.4) is 0 Å². The lowest BCUT2D eigenvalue weighted by atomic mass is 10.2. The molecule has 1 N–H and O–H groups in total. The highest BCUT2D eigenvalue weighted by atomic mass is 16.5. The molecule has 2 aromatic carbocycles. The minimum absolute atomic E-state index is 0.187. The Kier molecular flexibility index (Phi) is 6.58. The van der Waals surface area contributed by atoms with Crippen molar-refractivity contribution >= 4 is 11.6 Å².